The van der Waals surface area contributed by atoms with Gasteiger partial charge in [-0.3, -0.25) is 4.79 Å². The van der Waals surface area contributed by atoms with E-state index < -0.39 is 0 Å². The second-order valence-corrected chi connectivity index (χ2v) is 8.83. The zero-order valence-corrected chi connectivity index (χ0v) is 20.3. The number of aromatic nitrogens is 1. The molecule has 6 heteroatoms. The van der Waals surface area contributed by atoms with Crippen molar-refractivity contribution in [3.05, 3.63) is 77.6 Å². The summed E-state index contributed by atoms with van der Waals surface area (Å²) in [6.45, 7) is 6.96. The fraction of sp³-hybridized carbons (Fsp3) is 0.407. The molecule has 2 heterocycles. The Kier molecular flexibility index (Phi) is 9.07. The molecule has 6 nitrogen and oxygen atoms in total. The van der Waals surface area contributed by atoms with Gasteiger partial charge in [0.15, 0.2) is 0 Å². The molecular formula is C27H37N5O. The first-order valence-corrected chi connectivity index (χ1v) is 11.8. The number of nitrogens with zero attached hydrogens (tertiary/aromatic N) is 3. The van der Waals surface area contributed by atoms with Crippen molar-refractivity contribution in [3.63, 3.8) is 0 Å². The van der Waals surface area contributed by atoms with Crippen LogP contribution >= 0.6 is 0 Å². The van der Waals surface area contributed by atoms with Crippen LogP contribution in [0.15, 0.2) is 66.5 Å². The first-order chi connectivity index (χ1) is 16.0. The van der Waals surface area contributed by atoms with E-state index in [0.717, 1.165) is 37.3 Å². The third-order valence-electron chi connectivity index (χ3n) is 5.93. The number of hydrogen-bond donors (Lipinski definition) is 2. The summed E-state index contributed by atoms with van der Waals surface area (Å²) >= 11 is 0. The lowest BCUT2D eigenvalue weighted by atomic mass is 9.95. The Hall–Kier alpha value is -3.12. The quantitative estimate of drug-likeness (QED) is 0.602. The standard InChI is InChI=1S/C27H37N5O/c1-5-32-21(2)19-24(30-26-11-6-7-16-28-26)20-25(32)10-8-9-22-12-14-23(15-13-22)27(33)29-17-18-31(3)4/h6-16,21,24H,5,17-20H2,1-4H3,(H,28,30)(H,29,33)/b9-8+,25-10+/t21-,24?/m0/s1. The first kappa shape index (κ1) is 24.5. The molecule has 0 spiro atoms. The summed E-state index contributed by atoms with van der Waals surface area (Å²) in [5.41, 5.74) is 3.09. The summed E-state index contributed by atoms with van der Waals surface area (Å²) in [6, 6.07) is 14.5. The van der Waals surface area contributed by atoms with Crippen LogP contribution in [0.4, 0.5) is 5.82 Å². The molecule has 1 unspecified atom stereocenters. The molecular weight excluding hydrogens is 410 g/mol. The van der Waals surface area contributed by atoms with Crippen molar-refractivity contribution >= 4 is 17.8 Å². The van der Waals surface area contributed by atoms with Gasteiger partial charge in [-0.2, -0.15) is 0 Å². The number of likely N-dealkylation sites (tertiary alicyclic amines) is 1. The second kappa shape index (κ2) is 12.2. The number of anilines is 1. The number of allylic oxidation sites excluding steroid dienone is 2. The molecule has 1 amide bonds. The maximum absolute atomic E-state index is 12.2. The van der Waals surface area contributed by atoms with Crippen LogP contribution in [0.3, 0.4) is 0 Å². The van der Waals surface area contributed by atoms with Crippen LogP contribution in [0, 0.1) is 0 Å². The van der Waals surface area contributed by atoms with Crippen LogP contribution in [-0.4, -0.2) is 66.5 Å². The van der Waals surface area contributed by atoms with Gasteiger partial charge in [0, 0.05) is 55.6 Å². The first-order valence-electron chi connectivity index (χ1n) is 11.8. The zero-order valence-electron chi connectivity index (χ0n) is 20.3. The zero-order chi connectivity index (χ0) is 23.6. The minimum Gasteiger partial charge on any atom is -0.372 e. The highest BCUT2D eigenvalue weighted by molar-refractivity contribution is 5.94. The average Bonchev–Trinajstić information content (AvgIpc) is 2.80. The summed E-state index contributed by atoms with van der Waals surface area (Å²) in [4.78, 5) is 21.2. The van der Waals surface area contributed by atoms with Gasteiger partial charge in [-0.1, -0.05) is 30.4 Å². The van der Waals surface area contributed by atoms with E-state index in [9.17, 15) is 4.79 Å². The van der Waals surface area contributed by atoms with E-state index in [1.54, 1.807) is 0 Å². The summed E-state index contributed by atoms with van der Waals surface area (Å²) in [5, 5.41) is 6.54. The molecule has 33 heavy (non-hydrogen) atoms. The van der Waals surface area contributed by atoms with Crippen molar-refractivity contribution in [1.29, 1.82) is 0 Å². The number of likely N-dealkylation sites (N-methyl/N-ethyl adjacent to an activating group) is 1. The number of hydrogen-bond acceptors (Lipinski definition) is 5. The van der Waals surface area contributed by atoms with Gasteiger partial charge in [0.05, 0.1) is 0 Å². The van der Waals surface area contributed by atoms with E-state index in [1.807, 2.05) is 67.7 Å². The van der Waals surface area contributed by atoms with Crippen LogP contribution in [0.25, 0.3) is 6.08 Å². The number of piperidine rings is 1. The van der Waals surface area contributed by atoms with Gasteiger partial charge in [-0.05, 0) is 70.3 Å². The van der Waals surface area contributed by atoms with Gasteiger partial charge in [-0.25, -0.2) is 4.98 Å². The van der Waals surface area contributed by atoms with Crippen molar-refractivity contribution in [2.75, 3.05) is 39.0 Å². The molecule has 0 saturated carbocycles. The van der Waals surface area contributed by atoms with Gasteiger partial charge < -0.3 is 20.4 Å². The molecule has 2 aromatic rings. The Balaban J connectivity index is 1.62. The topological polar surface area (TPSA) is 60.5 Å². The van der Waals surface area contributed by atoms with Crippen LogP contribution in [0.5, 0.6) is 0 Å². The number of rotatable bonds is 9. The Morgan fingerprint density at radius 2 is 2.00 bits per heavy atom. The summed E-state index contributed by atoms with van der Waals surface area (Å²) < 4.78 is 0. The molecule has 1 aliphatic heterocycles. The number of nitrogens with one attached hydrogen (secondary N) is 2. The smallest absolute Gasteiger partial charge is 0.251 e. The lowest BCUT2D eigenvalue weighted by Gasteiger charge is -2.41. The van der Waals surface area contributed by atoms with Crippen molar-refractivity contribution < 1.29 is 4.79 Å². The predicted octanol–water partition coefficient (Wildman–Crippen LogP) is 4.26. The Labute approximate surface area is 198 Å². The summed E-state index contributed by atoms with van der Waals surface area (Å²) in [5.74, 6) is 0.899. The maximum atomic E-state index is 12.2. The molecule has 2 atom stereocenters. The van der Waals surface area contributed by atoms with Crippen molar-refractivity contribution in [1.82, 2.24) is 20.1 Å². The van der Waals surface area contributed by atoms with Crippen LogP contribution in [0.1, 0.15) is 42.6 Å². The SMILES string of the molecule is CCN1/C(=C/C=C/c2ccc(C(=O)NCCN(C)C)cc2)CC(Nc2ccccn2)C[C@@H]1C. The largest absolute Gasteiger partial charge is 0.372 e. The number of pyridine rings is 1. The molecule has 1 saturated heterocycles. The highest BCUT2D eigenvalue weighted by Crippen LogP contribution is 2.28. The number of carbonyl (C=O) groups excluding carboxylic acids is 1. The van der Waals surface area contributed by atoms with E-state index >= 15 is 0 Å². The number of carbonyl (C=O) groups is 1. The van der Waals surface area contributed by atoms with E-state index in [-0.39, 0.29) is 5.91 Å². The minimum atomic E-state index is -0.0317. The Bertz CT molecular complexity index is 937. The normalized spacial score (nSPS) is 19.9. The fourth-order valence-corrected chi connectivity index (χ4v) is 4.23. The monoisotopic (exact) mass is 447 g/mol. The Morgan fingerprint density at radius 3 is 2.67 bits per heavy atom. The maximum Gasteiger partial charge on any atom is 0.251 e. The van der Waals surface area contributed by atoms with E-state index in [0.29, 0.717) is 24.2 Å². The van der Waals surface area contributed by atoms with Crippen molar-refractivity contribution in [2.45, 2.75) is 38.8 Å². The van der Waals surface area contributed by atoms with Gasteiger partial charge in [0.25, 0.3) is 5.91 Å². The van der Waals surface area contributed by atoms with Gasteiger partial charge in [0.2, 0.25) is 0 Å². The van der Waals surface area contributed by atoms with Gasteiger partial charge in [0.1, 0.15) is 5.82 Å². The minimum absolute atomic E-state index is 0.0317. The molecule has 1 aliphatic rings. The number of benzene rings is 1. The van der Waals surface area contributed by atoms with E-state index in [2.05, 4.69) is 52.6 Å². The molecule has 1 fully saturated rings. The molecule has 0 bridgehead atoms. The Morgan fingerprint density at radius 1 is 1.21 bits per heavy atom. The van der Waals surface area contributed by atoms with Crippen LogP contribution in [-0.2, 0) is 0 Å². The molecule has 3 rings (SSSR count). The van der Waals surface area contributed by atoms with Gasteiger partial charge in [-0.15, -0.1) is 0 Å². The molecule has 0 aliphatic carbocycles. The molecule has 2 N–H and O–H groups in total. The third-order valence-corrected chi connectivity index (χ3v) is 5.93. The fourth-order valence-electron chi connectivity index (χ4n) is 4.23. The predicted molar refractivity (Wildman–Crippen MR) is 137 cm³/mol. The van der Waals surface area contributed by atoms with Crippen LogP contribution < -0.4 is 10.6 Å². The lowest BCUT2D eigenvalue weighted by Crippen LogP contribution is -2.43. The van der Waals surface area contributed by atoms with Gasteiger partial charge >= 0.3 is 0 Å². The van der Waals surface area contributed by atoms with E-state index in [4.69, 9.17) is 0 Å². The number of amides is 1. The second-order valence-electron chi connectivity index (χ2n) is 8.83. The van der Waals surface area contributed by atoms with Crippen molar-refractivity contribution in [2.24, 2.45) is 0 Å². The average molecular weight is 448 g/mol. The molecule has 176 valence electrons. The highest BCUT2D eigenvalue weighted by Gasteiger charge is 2.27. The van der Waals surface area contributed by atoms with E-state index in [1.165, 1.54) is 5.70 Å². The van der Waals surface area contributed by atoms with Crippen LogP contribution in [0.2, 0.25) is 0 Å². The highest BCUT2D eigenvalue weighted by atomic mass is 16.1. The summed E-state index contributed by atoms with van der Waals surface area (Å²) in [7, 11) is 3.99. The molecule has 1 aromatic carbocycles. The van der Waals surface area contributed by atoms with Crippen molar-refractivity contribution in [3.8, 4) is 0 Å². The summed E-state index contributed by atoms with van der Waals surface area (Å²) in [6.07, 6.45) is 10.3. The molecule has 0 radical (unpaired) electrons. The lowest BCUT2D eigenvalue weighted by molar-refractivity contribution is 0.0951. The third kappa shape index (κ3) is 7.46. The molecule has 1 aromatic heterocycles.